The van der Waals surface area contributed by atoms with Gasteiger partial charge in [0.25, 0.3) is 0 Å². The van der Waals surface area contributed by atoms with Crippen LogP contribution >= 0.6 is 0 Å². The molecule has 108 valence electrons. The van der Waals surface area contributed by atoms with Gasteiger partial charge < -0.3 is 9.80 Å². The molecule has 1 saturated heterocycles. The number of hydrogen-bond donors (Lipinski definition) is 0. The van der Waals surface area contributed by atoms with Crippen molar-refractivity contribution >= 4 is 0 Å². The van der Waals surface area contributed by atoms with Crippen LogP contribution in [0.2, 0.25) is 0 Å². The molecule has 1 aliphatic heterocycles. The molecular weight excluding hydrogens is 246 g/mol. The zero-order chi connectivity index (χ0) is 14.4. The van der Waals surface area contributed by atoms with Gasteiger partial charge in [0.1, 0.15) is 0 Å². The van der Waals surface area contributed by atoms with Crippen LogP contribution in [0, 0.1) is 11.3 Å². The van der Waals surface area contributed by atoms with Gasteiger partial charge >= 0.3 is 0 Å². The minimum atomic E-state index is 0.0952. The zero-order valence-corrected chi connectivity index (χ0v) is 12.7. The van der Waals surface area contributed by atoms with Gasteiger partial charge in [0, 0.05) is 12.1 Å². The quantitative estimate of drug-likeness (QED) is 0.824. The summed E-state index contributed by atoms with van der Waals surface area (Å²) in [5.41, 5.74) is 1.51. The Morgan fingerprint density at radius 2 is 1.85 bits per heavy atom. The molecule has 0 amide bonds. The fourth-order valence-electron chi connectivity index (χ4n) is 3.05. The minimum Gasteiger partial charge on any atom is -0.303 e. The van der Waals surface area contributed by atoms with Crippen LogP contribution in [-0.4, -0.2) is 49.1 Å². The molecule has 3 heteroatoms. The third-order valence-corrected chi connectivity index (χ3v) is 4.70. The number of nitrogens with zero attached hydrogens (tertiary/aromatic N) is 3. The van der Waals surface area contributed by atoms with Gasteiger partial charge in [0.2, 0.25) is 0 Å². The Balaban J connectivity index is 1.83. The van der Waals surface area contributed by atoms with Crippen LogP contribution in [0.15, 0.2) is 30.3 Å². The van der Waals surface area contributed by atoms with E-state index in [2.05, 4.69) is 60.3 Å². The first kappa shape index (κ1) is 15.0. The van der Waals surface area contributed by atoms with Crippen molar-refractivity contribution in [1.29, 1.82) is 5.26 Å². The molecule has 1 aliphatic rings. The molecule has 0 aromatic heterocycles. The highest BCUT2D eigenvalue weighted by Crippen LogP contribution is 2.30. The second-order valence-corrected chi connectivity index (χ2v) is 6.03. The second-order valence-electron chi connectivity index (χ2n) is 6.03. The van der Waals surface area contributed by atoms with Gasteiger partial charge in [-0.2, -0.15) is 5.26 Å². The van der Waals surface area contributed by atoms with Crippen molar-refractivity contribution in [1.82, 2.24) is 9.80 Å². The molecule has 2 rings (SSSR count). The molecule has 0 aliphatic carbocycles. The van der Waals surface area contributed by atoms with E-state index in [9.17, 15) is 0 Å². The summed E-state index contributed by atoms with van der Waals surface area (Å²) >= 11 is 0. The Morgan fingerprint density at radius 1 is 1.20 bits per heavy atom. The van der Waals surface area contributed by atoms with E-state index in [-0.39, 0.29) is 5.54 Å². The lowest BCUT2D eigenvalue weighted by molar-refractivity contribution is 0.0602. The summed E-state index contributed by atoms with van der Waals surface area (Å²) < 4.78 is 0. The summed E-state index contributed by atoms with van der Waals surface area (Å²) in [6.45, 7) is 3.33. The normalized spacial score (nSPS) is 18.9. The summed E-state index contributed by atoms with van der Waals surface area (Å²) in [6, 6.07) is 13.0. The van der Waals surface area contributed by atoms with Crippen LogP contribution in [0.3, 0.4) is 0 Å². The van der Waals surface area contributed by atoms with Crippen molar-refractivity contribution in [3.05, 3.63) is 35.9 Å². The van der Waals surface area contributed by atoms with E-state index in [1.165, 1.54) is 5.56 Å². The van der Waals surface area contributed by atoms with Crippen molar-refractivity contribution in [2.24, 2.45) is 0 Å². The topological polar surface area (TPSA) is 30.3 Å². The van der Waals surface area contributed by atoms with E-state index in [1.807, 2.05) is 0 Å². The summed E-state index contributed by atoms with van der Waals surface area (Å²) in [5, 5.41) is 9.06. The lowest BCUT2D eigenvalue weighted by Gasteiger charge is -2.45. The van der Waals surface area contributed by atoms with Crippen LogP contribution in [0.4, 0.5) is 0 Å². The average Bonchev–Trinajstić information content (AvgIpc) is 2.48. The van der Waals surface area contributed by atoms with Gasteiger partial charge in [-0.3, -0.25) is 0 Å². The van der Waals surface area contributed by atoms with Crippen molar-refractivity contribution in [2.75, 3.05) is 33.7 Å². The molecule has 20 heavy (non-hydrogen) atoms. The molecule has 0 N–H and O–H groups in total. The first-order valence-electron chi connectivity index (χ1n) is 7.47. The monoisotopic (exact) mass is 271 g/mol. The molecule has 1 aromatic carbocycles. The summed E-state index contributed by atoms with van der Waals surface area (Å²) in [4.78, 5) is 4.79. The maximum Gasteiger partial charge on any atom is 0.0641 e. The standard InChI is InChI=1S/C17H25N3/c1-19(2)17(9-12-18)10-14-20(15-11-17)13-8-16-6-4-3-5-7-16/h3-7H,8-11,13-15H2,1-2H3. The van der Waals surface area contributed by atoms with E-state index in [0.29, 0.717) is 6.42 Å². The Hall–Kier alpha value is -1.37. The maximum atomic E-state index is 9.06. The highest BCUT2D eigenvalue weighted by Gasteiger charge is 2.36. The van der Waals surface area contributed by atoms with Gasteiger partial charge in [-0.25, -0.2) is 0 Å². The van der Waals surface area contributed by atoms with Crippen molar-refractivity contribution < 1.29 is 0 Å². The molecule has 3 nitrogen and oxygen atoms in total. The lowest BCUT2D eigenvalue weighted by atomic mass is 9.83. The number of piperidine rings is 1. The Bertz CT molecular complexity index is 439. The van der Waals surface area contributed by atoms with E-state index >= 15 is 0 Å². The largest absolute Gasteiger partial charge is 0.303 e. The van der Waals surface area contributed by atoms with Crippen LogP contribution in [0.25, 0.3) is 0 Å². The molecule has 1 fully saturated rings. The van der Waals surface area contributed by atoms with Gasteiger partial charge in [0.05, 0.1) is 12.5 Å². The Morgan fingerprint density at radius 3 is 2.40 bits per heavy atom. The molecule has 0 saturated carbocycles. The highest BCUT2D eigenvalue weighted by atomic mass is 15.2. The number of benzene rings is 1. The summed E-state index contributed by atoms with van der Waals surface area (Å²) in [7, 11) is 4.22. The van der Waals surface area contributed by atoms with Crippen molar-refractivity contribution in [3.63, 3.8) is 0 Å². The second kappa shape index (κ2) is 6.88. The van der Waals surface area contributed by atoms with Gasteiger partial charge in [0.15, 0.2) is 0 Å². The van der Waals surface area contributed by atoms with E-state index in [1.54, 1.807) is 0 Å². The Kier molecular flexibility index (Phi) is 5.17. The average molecular weight is 271 g/mol. The minimum absolute atomic E-state index is 0.0952. The molecule has 0 radical (unpaired) electrons. The number of rotatable bonds is 5. The lowest BCUT2D eigenvalue weighted by Crippen LogP contribution is -2.52. The zero-order valence-electron chi connectivity index (χ0n) is 12.7. The predicted molar refractivity (Wildman–Crippen MR) is 82.5 cm³/mol. The van der Waals surface area contributed by atoms with Crippen LogP contribution in [0.1, 0.15) is 24.8 Å². The molecule has 0 bridgehead atoms. The number of nitriles is 1. The molecule has 1 aromatic rings. The predicted octanol–water partition coefficient (Wildman–Crippen LogP) is 2.54. The van der Waals surface area contributed by atoms with Crippen LogP contribution in [0.5, 0.6) is 0 Å². The highest BCUT2D eigenvalue weighted by molar-refractivity contribution is 5.15. The molecule has 1 heterocycles. The molecular formula is C17H25N3. The van der Waals surface area contributed by atoms with Crippen molar-refractivity contribution in [3.8, 4) is 6.07 Å². The molecule has 0 spiro atoms. The summed E-state index contributed by atoms with van der Waals surface area (Å²) in [6.07, 6.45) is 3.96. The maximum absolute atomic E-state index is 9.06. The molecule has 0 atom stereocenters. The van der Waals surface area contributed by atoms with Gasteiger partial charge in [-0.05, 0) is 52.0 Å². The fraction of sp³-hybridized carbons (Fsp3) is 0.588. The van der Waals surface area contributed by atoms with Crippen LogP contribution in [-0.2, 0) is 6.42 Å². The first-order valence-corrected chi connectivity index (χ1v) is 7.47. The fourth-order valence-corrected chi connectivity index (χ4v) is 3.05. The number of hydrogen-bond acceptors (Lipinski definition) is 3. The third kappa shape index (κ3) is 3.59. The van der Waals surface area contributed by atoms with Crippen molar-refractivity contribution in [2.45, 2.75) is 31.2 Å². The van der Waals surface area contributed by atoms with Gasteiger partial charge in [-0.15, -0.1) is 0 Å². The summed E-state index contributed by atoms with van der Waals surface area (Å²) in [5.74, 6) is 0. The third-order valence-electron chi connectivity index (χ3n) is 4.70. The van der Waals surface area contributed by atoms with E-state index in [4.69, 9.17) is 5.26 Å². The van der Waals surface area contributed by atoms with Crippen LogP contribution < -0.4 is 0 Å². The Labute approximate surface area is 122 Å². The number of likely N-dealkylation sites (tertiary alicyclic amines) is 1. The van der Waals surface area contributed by atoms with E-state index < -0.39 is 0 Å². The molecule has 0 unspecified atom stereocenters. The van der Waals surface area contributed by atoms with E-state index in [0.717, 1.165) is 38.9 Å². The van der Waals surface area contributed by atoms with Gasteiger partial charge in [-0.1, -0.05) is 30.3 Å². The smallest absolute Gasteiger partial charge is 0.0641 e. The SMILES string of the molecule is CN(C)C1(CC#N)CCN(CCc2ccccc2)CC1. The first-order chi connectivity index (χ1) is 9.66.